The first-order valence-electron chi connectivity index (χ1n) is 5.28. The van der Waals surface area contributed by atoms with Gasteiger partial charge in [0.25, 0.3) is 0 Å². The van der Waals surface area contributed by atoms with Crippen LogP contribution < -0.4 is 0 Å². The molecule has 1 saturated heterocycles. The van der Waals surface area contributed by atoms with Crippen molar-refractivity contribution < 1.29 is 14.4 Å². The summed E-state index contributed by atoms with van der Waals surface area (Å²) in [5.74, 6) is 0.114. The molecule has 0 N–H and O–H groups in total. The van der Waals surface area contributed by atoms with E-state index in [4.69, 9.17) is 0 Å². The van der Waals surface area contributed by atoms with Crippen LogP contribution in [0.5, 0.6) is 0 Å². The maximum absolute atomic E-state index is 11.7. The number of Topliss-reactive ketones (excluding diaryl/α,β-unsaturated/α-hetero) is 2. The third-order valence-electron chi connectivity index (χ3n) is 2.67. The van der Waals surface area contributed by atoms with E-state index in [1.807, 2.05) is 0 Å². The van der Waals surface area contributed by atoms with Gasteiger partial charge >= 0.3 is 0 Å². The van der Waals surface area contributed by atoms with Gasteiger partial charge in [0, 0.05) is 18.9 Å². The van der Waals surface area contributed by atoms with Gasteiger partial charge in [-0.3, -0.25) is 9.59 Å². The normalized spacial score (nSPS) is 20.8. The molecule has 1 aliphatic rings. The van der Waals surface area contributed by atoms with Gasteiger partial charge in [-0.05, 0) is 26.7 Å². The molecular weight excluding hydrogens is 194 g/mol. The molecule has 1 heterocycles. The number of ketones is 2. The standard InChI is InChI=1S/C11H17NO3/c1-8(13)3-4-10-5-6-12(11(10)15)7-9(2)14/h10H,3-7H2,1-2H3/t10-/m0/s1. The Labute approximate surface area is 89.6 Å². The van der Waals surface area contributed by atoms with Crippen LogP contribution in [0, 0.1) is 5.92 Å². The van der Waals surface area contributed by atoms with Crippen molar-refractivity contribution in [2.75, 3.05) is 13.1 Å². The highest BCUT2D eigenvalue weighted by Crippen LogP contribution is 2.22. The molecule has 1 aliphatic heterocycles. The van der Waals surface area contributed by atoms with E-state index < -0.39 is 0 Å². The number of carbonyl (C=O) groups is 3. The van der Waals surface area contributed by atoms with E-state index in [0.717, 1.165) is 6.42 Å². The van der Waals surface area contributed by atoms with Gasteiger partial charge in [-0.25, -0.2) is 0 Å². The summed E-state index contributed by atoms with van der Waals surface area (Å²) in [4.78, 5) is 35.0. The Balaban J connectivity index is 2.42. The maximum atomic E-state index is 11.7. The highest BCUT2D eigenvalue weighted by molar-refractivity contribution is 5.87. The van der Waals surface area contributed by atoms with E-state index in [9.17, 15) is 14.4 Å². The SMILES string of the molecule is CC(=O)CC[C@H]1CCN(CC(C)=O)C1=O. The predicted molar refractivity (Wildman–Crippen MR) is 55.3 cm³/mol. The molecule has 1 atom stereocenters. The second-order valence-electron chi connectivity index (χ2n) is 4.19. The fraction of sp³-hybridized carbons (Fsp3) is 0.727. The lowest BCUT2D eigenvalue weighted by Crippen LogP contribution is -2.31. The van der Waals surface area contributed by atoms with Crippen LogP contribution in [0.2, 0.25) is 0 Å². The lowest BCUT2D eigenvalue weighted by Gasteiger charge is -2.14. The Kier molecular flexibility index (Phi) is 4.00. The molecule has 1 rings (SSSR count). The molecule has 15 heavy (non-hydrogen) atoms. The zero-order chi connectivity index (χ0) is 11.4. The van der Waals surface area contributed by atoms with Gasteiger partial charge < -0.3 is 9.69 Å². The van der Waals surface area contributed by atoms with Gasteiger partial charge in [0.15, 0.2) is 0 Å². The van der Waals surface area contributed by atoms with Crippen molar-refractivity contribution in [2.45, 2.75) is 33.1 Å². The quantitative estimate of drug-likeness (QED) is 0.675. The Hall–Kier alpha value is -1.19. The smallest absolute Gasteiger partial charge is 0.226 e. The van der Waals surface area contributed by atoms with Crippen molar-refractivity contribution in [3.63, 3.8) is 0 Å². The summed E-state index contributed by atoms with van der Waals surface area (Å²) in [6.07, 6.45) is 1.87. The number of hydrogen-bond donors (Lipinski definition) is 0. The average molecular weight is 211 g/mol. The molecule has 0 aromatic carbocycles. The zero-order valence-electron chi connectivity index (χ0n) is 9.28. The summed E-state index contributed by atoms with van der Waals surface area (Å²) in [6, 6.07) is 0. The van der Waals surface area contributed by atoms with Crippen LogP contribution in [0.4, 0.5) is 0 Å². The largest absolute Gasteiger partial charge is 0.335 e. The minimum Gasteiger partial charge on any atom is -0.335 e. The zero-order valence-corrected chi connectivity index (χ0v) is 9.28. The van der Waals surface area contributed by atoms with E-state index in [0.29, 0.717) is 19.4 Å². The van der Waals surface area contributed by atoms with Crippen molar-refractivity contribution in [2.24, 2.45) is 5.92 Å². The number of rotatable bonds is 5. The van der Waals surface area contributed by atoms with Crippen molar-refractivity contribution in [1.82, 2.24) is 4.90 Å². The van der Waals surface area contributed by atoms with Crippen molar-refractivity contribution in [1.29, 1.82) is 0 Å². The van der Waals surface area contributed by atoms with Crippen LogP contribution in [-0.4, -0.2) is 35.5 Å². The van der Waals surface area contributed by atoms with Gasteiger partial charge in [-0.2, -0.15) is 0 Å². The Bertz CT molecular complexity index is 286. The van der Waals surface area contributed by atoms with E-state index >= 15 is 0 Å². The average Bonchev–Trinajstić information content (AvgIpc) is 2.44. The van der Waals surface area contributed by atoms with E-state index in [2.05, 4.69) is 0 Å². The second kappa shape index (κ2) is 5.05. The van der Waals surface area contributed by atoms with Crippen molar-refractivity contribution in [3.8, 4) is 0 Å². The minimum atomic E-state index is -0.0479. The Morgan fingerprint density at radius 3 is 2.53 bits per heavy atom. The first kappa shape index (κ1) is 11.9. The predicted octanol–water partition coefficient (Wildman–Crippen LogP) is 0.793. The molecule has 0 aromatic rings. The third-order valence-corrected chi connectivity index (χ3v) is 2.67. The fourth-order valence-corrected chi connectivity index (χ4v) is 1.87. The highest BCUT2D eigenvalue weighted by Gasteiger charge is 2.31. The molecule has 0 radical (unpaired) electrons. The molecule has 0 aliphatic carbocycles. The summed E-state index contributed by atoms with van der Waals surface area (Å²) in [5, 5.41) is 0. The van der Waals surface area contributed by atoms with Crippen molar-refractivity contribution >= 4 is 17.5 Å². The summed E-state index contributed by atoms with van der Waals surface area (Å²) in [5.41, 5.74) is 0. The maximum Gasteiger partial charge on any atom is 0.226 e. The molecule has 0 unspecified atom stereocenters. The summed E-state index contributed by atoms with van der Waals surface area (Å²) in [7, 11) is 0. The summed E-state index contributed by atoms with van der Waals surface area (Å²) < 4.78 is 0. The molecule has 4 nitrogen and oxygen atoms in total. The van der Waals surface area contributed by atoms with E-state index in [1.165, 1.54) is 13.8 Å². The van der Waals surface area contributed by atoms with Crippen LogP contribution >= 0.6 is 0 Å². The summed E-state index contributed by atoms with van der Waals surface area (Å²) >= 11 is 0. The number of likely N-dealkylation sites (tertiary alicyclic amines) is 1. The number of carbonyl (C=O) groups excluding carboxylic acids is 3. The number of hydrogen-bond acceptors (Lipinski definition) is 3. The minimum absolute atomic E-state index is 0.00979. The molecule has 0 saturated carbocycles. The van der Waals surface area contributed by atoms with Gasteiger partial charge in [0.1, 0.15) is 11.6 Å². The molecule has 84 valence electrons. The van der Waals surface area contributed by atoms with Crippen LogP contribution in [-0.2, 0) is 14.4 Å². The molecule has 1 amide bonds. The lowest BCUT2D eigenvalue weighted by molar-refractivity contribution is -0.134. The molecule has 0 spiro atoms. The number of nitrogens with zero attached hydrogens (tertiary/aromatic N) is 1. The molecular formula is C11H17NO3. The summed E-state index contributed by atoms with van der Waals surface area (Å²) in [6.45, 7) is 3.89. The van der Waals surface area contributed by atoms with Gasteiger partial charge in [-0.15, -0.1) is 0 Å². The number of amides is 1. The highest BCUT2D eigenvalue weighted by atomic mass is 16.2. The van der Waals surface area contributed by atoms with Crippen LogP contribution in [0.15, 0.2) is 0 Å². The monoisotopic (exact) mass is 211 g/mol. The van der Waals surface area contributed by atoms with Crippen LogP contribution in [0.25, 0.3) is 0 Å². The second-order valence-corrected chi connectivity index (χ2v) is 4.19. The van der Waals surface area contributed by atoms with Crippen molar-refractivity contribution in [3.05, 3.63) is 0 Å². The lowest BCUT2D eigenvalue weighted by atomic mass is 10.0. The molecule has 0 aromatic heterocycles. The first-order valence-corrected chi connectivity index (χ1v) is 5.28. The fourth-order valence-electron chi connectivity index (χ4n) is 1.87. The van der Waals surface area contributed by atoms with E-state index in [1.54, 1.807) is 4.90 Å². The molecule has 0 bridgehead atoms. The topological polar surface area (TPSA) is 54.5 Å². The Morgan fingerprint density at radius 1 is 1.33 bits per heavy atom. The van der Waals surface area contributed by atoms with Gasteiger partial charge in [0.2, 0.25) is 5.91 Å². The van der Waals surface area contributed by atoms with Gasteiger partial charge in [-0.1, -0.05) is 0 Å². The van der Waals surface area contributed by atoms with Crippen LogP contribution in [0.3, 0.4) is 0 Å². The Morgan fingerprint density at radius 2 is 2.00 bits per heavy atom. The van der Waals surface area contributed by atoms with E-state index in [-0.39, 0.29) is 29.9 Å². The third kappa shape index (κ3) is 3.46. The first-order chi connectivity index (χ1) is 7.00. The molecule has 4 heteroatoms. The molecule has 1 fully saturated rings. The van der Waals surface area contributed by atoms with Crippen LogP contribution in [0.1, 0.15) is 33.1 Å². The van der Waals surface area contributed by atoms with Gasteiger partial charge in [0.05, 0.1) is 6.54 Å².